The summed E-state index contributed by atoms with van der Waals surface area (Å²) in [6.07, 6.45) is 0.815. The number of hydrogen-bond donors (Lipinski definition) is 2. The molecule has 1 rings (SSSR count). The van der Waals surface area contributed by atoms with Gasteiger partial charge in [0.2, 0.25) is 0 Å². The van der Waals surface area contributed by atoms with Gasteiger partial charge < -0.3 is 20.4 Å². The van der Waals surface area contributed by atoms with Crippen LogP contribution in [0.25, 0.3) is 0 Å². The summed E-state index contributed by atoms with van der Waals surface area (Å²) in [5.41, 5.74) is 6.18. The number of aromatic nitrogens is 1. The number of nitrogens with two attached hydrogens (primary N) is 1. The van der Waals surface area contributed by atoms with Gasteiger partial charge in [0, 0.05) is 17.8 Å². The fourth-order valence-corrected chi connectivity index (χ4v) is 1.84. The van der Waals surface area contributed by atoms with Crippen LogP contribution in [-0.2, 0) is 9.53 Å². The molecule has 3 N–H and O–H groups in total. The second kappa shape index (κ2) is 6.20. The summed E-state index contributed by atoms with van der Waals surface area (Å²) < 4.78 is 6.95. The van der Waals surface area contributed by atoms with Crippen molar-refractivity contribution in [3.8, 4) is 0 Å². The van der Waals surface area contributed by atoms with Gasteiger partial charge in [-0.2, -0.15) is 0 Å². The van der Waals surface area contributed by atoms with Crippen LogP contribution in [0.5, 0.6) is 0 Å². The van der Waals surface area contributed by atoms with E-state index in [1.54, 1.807) is 23.8 Å². The quantitative estimate of drug-likeness (QED) is 0.833. The molecule has 21 heavy (non-hydrogen) atoms. The molecule has 0 fully saturated rings. The van der Waals surface area contributed by atoms with Gasteiger partial charge in [-0.15, -0.1) is 0 Å². The van der Waals surface area contributed by atoms with E-state index in [2.05, 4.69) is 5.32 Å². The molecule has 1 amide bonds. The molecule has 0 aromatic carbocycles. The average molecular weight is 295 g/mol. The van der Waals surface area contributed by atoms with Crippen molar-refractivity contribution in [1.29, 1.82) is 0 Å². The van der Waals surface area contributed by atoms with Crippen LogP contribution >= 0.6 is 0 Å². The molecule has 118 valence electrons. The molecule has 1 aromatic rings. The maximum absolute atomic E-state index is 12.2. The SMILES string of the molecule is CC(OC(=O)c1cc(N)cn1C(C)C)C(=O)NC(C)(C)C. The van der Waals surface area contributed by atoms with Crippen molar-refractivity contribution >= 4 is 17.6 Å². The van der Waals surface area contributed by atoms with E-state index in [1.165, 1.54) is 0 Å². The smallest absolute Gasteiger partial charge is 0.355 e. The summed E-state index contributed by atoms with van der Waals surface area (Å²) in [5, 5.41) is 2.77. The van der Waals surface area contributed by atoms with Gasteiger partial charge in [0.1, 0.15) is 5.69 Å². The van der Waals surface area contributed by atoms with Crippen molar-refractivity contribution in [1.82, 2.24) is 9.88 Å². The van der Waals surface area contributed by atoms with E-state index >= 15 is 0 Å². The Labute approximate surface area is 125 Å². The number of nitrogen functional groups attached to an aromatic ring is 1. The number of anilines is 1. The summed E-state index contributed by atoms with van der Waals surface area (Å²) in [4.78, 5) is 24.1. The maximum Gasteiger partial charge on any atom is 0.355 e. The van der Waals surface area contributed by atoms with Crippen molar-refractivity contribution in [2.45, 2.75) is 59.2 Å². The normalized spacial score (nSPS) is 13.1. The van der Waals surface area contributed by atoms with Gasteiger partial charge in [-0.05, 0) is 47.6 Å². The lowest BCUT2D eigenvalue weighted by molar-refractivity contribution is -0.130. The molecule has 6 heteroatoms. The first-order chi connectivity index (χ1) is 9.51. The summed E-state index contributed by atoms with van der Waals surface area (Å²) in [6, 6.07) is 1.63. The van der Waals surface area contributed by atoms with E-state index in [0.717, 1.165) is 0 Å². The Bertz CT molecular complexity index is 527. The van der Waals surface area contributed by atoms with Crippen molar-refractivity contribution in [2.24, 2.45) is 0 Å². The lowest BCUT2D eigenvalue weighted by Crippen LogP contribution is -2.46. The minimum Gasteiger partial charge on any atom is -0.448 e. The number of carbonyl (C=O) groups is 2. The summed E-state index contributed by atoms with van der Waals surface area (Å²) in [5.74, 6) is -0.886. The molecule has 1 heterocycles. The van der Waals surface area contributed by atoms with Crippen LogP contribution in [0.3, 0.4) is 0 Å². The Hall–Kier alpha value is -1.98. The molecule has 0 saturated carbocycles. The fraction of sp³-hybridized carbons (Fsp3) is 0.600. The molecule has 0 bridgehead atoms. The molecule has 1 unspecified atom stereocenters. The van der Waals surface area contributed by atoms with Crippen LogP contribution in [0.2, 0.25) is 0 Å². The van der Waals surface area contributed by atoms with Crippen LogP contribution in [0, 0.1) is 0 Å². The molecular weight excluding hydrogens is 270 g/mol. The zero-order valence-corrected chi connectivity index (χ0v) is 13.6. The highest BCUT2D eigenvalue weighted by Gasteiger charge is 2.24. The second-order valence-corrected chi connectivity index (χ2v) is 6.45. The number of ether oxygens (including phenoxy) is 1. The molecule has 0 aliphatic rings. The Morgan fingerprint density at radius 3 is 2.33 bits per heavy atom. The summed E-state index contributed by atoms with van der Waals surface area (Å²) >= 11 is 0. The van der Waals surface area contributed by atoms with Crippen LogP contribution in [-0.4, -0.2) is 28.1 Å². The van der Waals surface area contributed by atoms with Gasteiger partial charge in [0.15, 0.2) is 6.10 Å². The summed E-state index contributed by atoms with van der Waals surface area (Å²) in [7, 11) is 0. The number of carbonyl (C=O) groups excluding carboxylic acids is 2. The number of nitrogens with zero attached hydrogens (tertiary/aromatic N) is 1. The zero-order valence-electron chi connectivity index (χ0n) is 13.6. The summed E-state index contributed by atoms with van der Waals surface area (Å²) in [6.45, 7) is 11.0. The third-order valence-electron chi connectivity index (χ3n) is 2.79. The minimum absolute atomic E-state index is 0.0727. The van der Waals surface area contributed by atoms with Crippen molar-refractivity contribution in [3.63, 3.8) is 0 Å². The van der Waals surface area contributed by atoms with Crippen molar-refractivity contribution in [2.75, 3.05) is 5.73 Å². The molecule has 0 spiro atoms. The Morgan fingerprint density at radius 1 is 1.29 bits per heavy atom. The minimum atomic E-state index is -0.867. The lowest BCUT2D eigenvalue weighted by Gasteiger charge is -2.23. The maximum atomic E-state index is 12.2. The average Bonchev–Trinajstić information content (AvgIpc) is 2.69. The number of nitrogens with one attached hydrogen (secondary N) is 1. The molecular formula is C15H25N3O3. The van der Waals surface area contributed by atoms with Crippen LogP contribution in [0.1, 0.15) is 58.1 Å². The molecule has 6 nitrogen and oxygen atoms in total. The monoisotopic (exact) mass is 295 g/mol. The third-order valence-corrected chi connectivity index (χ3v) is 2.79. The first-order valence-electron chi connectivity index (χ1n) is 7.01. The van der Waals surface area contributed by atoms with E-state index in [9.17, 15) is 9.59 Å². The molecule has 0 aliphatic heterocycles. The third kappa shape index (κ3) is 4.81. The van der Waals surface area contributed by atoms with Crippen molar-refractivity contribution < 1.29 is 14.3 Å². The highest BCUT2D eigenvalue weighted by molar-refractivity contribution is 5.92. The molecule has 0 aliphatic carbocycles. The Morgan fingerprint density at radius 2 is 1.86 bits per heavy atom. The fourth-order valence-electron chi connectivity index (χ4n) is 1.84. The number of esters is 1. The first-order valence-corrected chi connectivity index (χ1v) is 7.01. The standard InChI is InChI=1S/C15H25N3O3/c1-9(2)18-8-11(16)7-12(18)14(20)21-10(3)13(19)17-15(4,5)6/h7-10H,16H2,1-6H3,(H,17,19). The van der Waals surface area contributed by atoms with E-state index in [-0.39, 0.29) is 17.5 Å². The highest BCUT2D eigenvalue weighted by atomic mass is 16.5. The predicted molar refractivity (Wildman–Crippen MR) is 82.0 cm³/mol. The van der Waals surface area contributed by atoms with Crippen molar-refractivity contribution in [3.05, 3.63) is 18.0 Å². The predicted octanol–water partition coefficient (Wildman–Crippen LogP) is 2.11. The van der Waals surface area contributed by atoms with Gasteiger partial charge in [0.05, 0.1) is 5.69 Å². The molecule has 1 aromatic heterocycles. The second-order valence-electron chi connectivity index (χ2n) is 6.45. The Balaban J connectivity index is 2.80. The van der Waals surface area contributed by atoms with Crippen LogP contribution in [0.4, 0.5) is 5.69 Å². The van der Waals surface area contributed by atoms with Gasteiger partial charge in [-0.25, -0.2) is 4.79 Å². The van der Waals surface area contributed by atoms with E-state index in [1.807, 2.05) is 34.6 Å². The zero-order chi connectivity index (χ0) is 16.4. The van der Waals surface area contributed by atoms with Gasteiger partial charge in [-0.1, -0.05) is 0 Å². The van der Waals surface area contributed by atoms with E-state index < -0.39 is 12.1 Å². The highest BCUT2D eigenvalue weighted by Crippen LogP contribution is 2.18. The largest absolute Gasteiger partial charge is 0.448 e. The molecule has 0 radical (unpaired) electrons. The number of amides is 1. The first kappa shape index (κ1) is 17.1. The van der Waals surface area contributed by atoms with Crippen LogP contribution in [0.15, 0.2) is 12.3 Å². The number of rotatable bonds is 4. The van der Waals surface area contributed by atoms with Gasteiger partial charge in [-0.3, -0.25) is 4.79 Å². The lowest BCUT2D eigenvalue weighted by atomic mass is 10.1. The van der Waals surface area contributed by atoms with E-state index in [0.29, 0.717) is 11.4 Å². The van der Waals surface area contributed by atoms with Gasteiger partial charge >= 0.3 is 5.97 Å². The molecule has 1 atom stereocenters. The number of hydrogen-bond acceptors (Lipinski definition) is 4. The molecule has 0 saturated heterocycles. The topological polar surface area (TPSA) is 86.3 Å². The van der Waals surface area contributed by atoms with E-state index in [4.69, 9.17) is 10.5 Å². The Kier molecular flexibility index (Phi) is 5.04. The van der Waals surface area contributed by atoms with Crippen LogP contribution < -0.4 is 11.1 Å². The van der Waals surface area contributed by atoms with Gasteiger partial charge in [0.25, 0.3) is 5.91 Å².